The second-order valence-corrected chi connectivity index (χ2v) is 5.72. The average molecular weight is 299 g/mol. The van der Waals surface area contributed by atoms with Crippen molar-refractivity contribution in [1.29, 1.82) is 0 Å². The predicted molar refractivity (Wildman–Crippen MR) is 77.9 cm³/mol. The first kappa shape index (κ1) is 12.0. The largest absolute Gasteiger partial charge is 0.278 e. The molecule has 3 aromatic rings. The molecule has 104 valence electrons. The summed E-state index contributed by atoms with van der Waals surface area (Å²) >= 11 is 0. The Labute approximate surface area is 121 Å². The zero-order valence-corrected chi connectivity index (χ0v) is 11.4. The van der Waals surface area contributed by atoms with Crippen molar-refractivity contribution in [3.63, 3.8) is 0 Å². The monoisotopic (exact) mass is 299 g/mol. The number of amides is 1. The number of H-pyrrole nitrogens is 1. The van der Waals surface area contributed by atoms with Crippen molar-refractivity contribution < 1.29 is 9.00 Å². The molecule has 0 radical (unpaired) electrons. The maximum atomic E-state index is 11.7. The summed E-state index contributed by atoms with van der Waals surface area (Å²) in [5, 5.41) is 12.4. The van der Waals surface area contributed by atoms with Crippen LogP contribution in [0.3, 0.4) is 0 Å². The molecule has 2 aromatic heterocycles. The average Bonchev–Trinajstić information content (AvgIpc) is 3.17. The van der Waals surface area contributed by atoms with E-state index in [0.717, 1.165) is 22.0 Å². The Morgan fingerprint density at radius 2 is 2.10 bits per heavy atom. The van der Waals surface area contributed by atoms with Gasteiger partial charge in [0.25, 0.3) is 5.91 Å². The Morgan fingerprint density at radius 3 is 2.90 bits per heavy atom. The normalized spacial score (nSPS) is 18.0. The molecular weight excluding hydrogens is 290 g/mol. The van der Waals surface area contributed by atoms with Crippen molar-refractivity contribution in [3.8, 4) is 11.1 Å². The molecule has 0 fully saturated rings. The van der Waals surface area contributed by atoms with E-state index in [1.807, 2.05) is 18.2 Å². The zero-order valence-electron chi connectivity index (χ0n) is 10.6. The van der Waals surface area contributed by atoms with Crippen LogP contribution in [0.25, 0.3) is 27.1 Å². The minimum Gasteiger partial charge on any atom is -0.278 e. The molecule has 1 aliphatic heterocycles. The van der Waals surface area contributed by atoms with Gasteiger partial charge < -0.3 is 0 Å². The number of aromatic nitrogens is 4. The third-order valence-corrected chi connectivity index (χ3v) is 4.29. The van der Waals surface area contributed by atoms with E-state index in [9.17, 15) is 9.00 Å². The lowest BCUT2D eigenvalue weighted by atomic mass is 10.1. The van der Waals surface area contributed by atoms with E-state index < -0.39 is 11.0 Å². The molecule has 1 amide bonds. The molecule has 21 heavy (non-hydrogen) atoms. The van der Waals surface area contributed by atoms with Gasteiger partial charge in [0.1, 0.15) is 0 Å². The van der Waals surface area contributed by atoms with Crippen molar-refractivity contribution in [2.45, 2.75) is 0 Å². The highest BCUT2D eigenvalue weighted by atomic mass is 32.2. The molecule has 1 aliphatic rings. The summed E-state index contributed by atoms with van der Waals surface area (Å²) in [6.07, 6.45) is 6.44. The molecular formula is C13H9N5O2S. The first-order valence-corrected chi connectivity index (χ1v) is 7.28. The number of carbonyl (C=O) groups excluding carboxylic acids is 1. The van der Waals surface area contributed by atoms with Gasteiger partial charge in [-0.15, -0.1) is 0 Å². The third-order valence-electron chi connectivity index (χ3n) is 3.22. The highest BCUT2D eigenvalue weighted by Gasteiger charge is 2.21. The molecule has 4 rings (SSSR count). The minimum absolute atomic E-state index is 0.329. The van der Waals surface area contributed by atoms with E-state index in [2.05, 4.69) is 20.0 Å². The van der Waals surface area contributed by atoms with Gasteiger partial charge in [0.15, 0.2) is 16.0 Å². The van der Waals surface area contributed by atoms with E-state index in [0.29, 0.717) is 5.03 Å². The van der Waals surface area contributed by atoms with Crippen molar-refractivity contribution in [1.82, 2.24) is 24.7 Å². The van der Waals surface area contributed by atoms with E-state index in [1.54, 1.807) is 18.6 Å². The first-order valence-electron chi connectivity index (χ1n) is 6.13. The van der Waals surface area contributed by atoms with Crippen molar-refractivity contribution in [2.75, 3.05) is 0 Å². The molecule has 3 heterocycles. The van der Waals surface area contributed by atoms with Gasteiger partial charge in [0, 0.05) is 23.2 Å². The SMILES string of the molecule is O=C1C=C(n2cc(-c3ccc4[nH]ncc4c3)cn2)S(=O)N1. The van der Waals surface area contributed by atoms with E-state index in [-0.39, 0.29) is 5.91 Å². The molecule has 1 aromatic carbocycles. The van der Waals surface area contributed by atoms with Gasteiger partial charge in [0.05, 0.1) is 17.9 Å². The van der Waals surface area contributed by atoms with E-state index in [1.165, 1.54) is 10.8 Å². The maximum absolute atomic E-state index is 11.7. The molecule has 1 atom stereocenters. The molecule has 8 heteroatoms. The van der Waals surface area contributed by atoms with Crippen LogP contribution in [0.5, 0.6) is 0 Å². The predicted octanol–water partition coefficient (Wildman–Crippen LogP) is 1.02. The van der Waals surface area contributed by atoms with Gasteiger partial charge in [-0.25, -0.2) is 8.89 Å². The smallest absolute Gasteiger partial charge is 0.258 e. The van der Waals surface area contributed by atoms with Crippen LogP contribution in [-0.2, 0) is 15.8 Å². The fraction of sp³-hybridized carbons (Fsp3) is 0. The Balaban J connectivity index is 1.75. The highest BCUT2D eigenvalue weighted by molar-refractivity contribution is 7.93. The fourth-order valence-electron chi connectivity index (χ4n) is 2.20. The quantitative estimate of drug-likeness (QED) is 0.739. The molecule has 7 nitrogen and oxygen atoms in total. The second kappa shape index (κ2) is 4.38. The first-order chi connectivity index (χ1) is 10.2. The number of hydrogen-bond acceptors (Lipinski definition) is 4. The van der Waals surface area contributed by atoms with Crippen molar-refractivity contribution in [3.05, 3.63) is 42.9 Å². The number of aromatic amines is 1. The van der Waals surface area contributed by atoms with Gasteiger partial charge in [0.2, 0.25) is 0 Å². The standard InChI is InChI=1S/C13H9N5O2S/c19-12-4-13(21(20)17-12)18-7-10(6-15-18)8-1-2-11-9(3-8)5-14-16-11/h1-7H,(H,14,16)(H,17,19). The Kier molecular flexibility index (Phi) is 2.51. The Bertz CT molecular complexity index is 923. The number of benzene rings is 1. The topological polar surface area (TPSA) is 92.7 Å². The van der Waals surface area contributed by atoms with Gasteiger partial charge >= 0.3 is 0 Å². The molecule has 2 N–H and O–H groups in total. The van der Waals surface area contributed by atoms with Gasteiger partial charge in [-0.3, -0.25) is 14.6 Å². The third kappa shape index (κ3) is 1.96. The Morgan fingerprint density at radius 1 is 1.19 bits per heavy atom. The minimum atomic E-state index is -1.55. The Hall–Kier alpha value is -2.74. The lowest BCUT2D eigenvalue weighted by molar-refractivity contribution is -0.114. The summed E-state index contributed by atoms with van der Waals surface area (Å²) in [5.74, 6) is -0.375. The summed E-state index contributed by atoms with van der Waals surface area (Å²) in [7, 11) is -1.55. The number of rotatable bonds is 2. The molecule has 0 saturated carbocycles. The fourth-order valence-corrected chi connectivity index (χ4v) is 3.03. The van der Waals surface area contributed by atoms with Crippen LogP contribution < -0.4 is 4.72 Å². The molecule has 0 saturated heterocycles. The van der Waals surface area contributed by atoms with Crippen molar-refractivity contribution in [2.24, 2.45) is 0 Å². The number of carbonyl (C=O) groups is 1. The summed E-state index contributed by atoms with van der Waals surface area (Å²) < 4.78 is 15.5. The maximum Gasteiger partial charge on any atom is 0.258 e. The highest BCUT2D eigenvalue weighted by Crippen LogP contribution is 2.24. The van der Waals surface area contributed by atoms with Crippen LogP contribution >= 0.6 is 0 Å². The van der Waals surface area contributed by atoms with Crippen LogP contribution in [0.1, 0.15) is 0 Å². The number of nitrogens with one attached hydrogen (secondary N) is 2. The van der Waals surface area contributed by atoms with Crippen LogP contribution in [0.15, 0.2) is 42.9 Å². The molecule has 0 aliphatic carbocycles. The second-order valence-electron chi connectivity index (χ2n) is 4.56. The van der Waals surface area contributed by atoms with Gasteiger partial charge in [-0.1, -0.05) is 6.07 Å². The molecule has 0 spiro atoms. The summed E-state index contributed by atoms with van der Waals surface area (Å²) in [6, 6.07) is 5.88. The van der Waals surface area contributed by atoms with E-state index in [4.69, 9.17) is 0 Å². The zero-order chi connectivity index (χ0) is 14.4. The van der Waals surface area contributed by atoms with Crippen LogP contribution in [0, 0.1) is 0 Å². The molecule has 1 unspecified atom stereocenters. The summed E-state index contributed by atoms with van der Waals surface area (Å²) in [5.41, 5.74) is 2.80. The summed E-state index contributed by atoms with van der Waals surface area (Å²) in [4.78, 5) is 11.2. The molecule has 0 bridgehead atoms. The van der Waals surface area contributed by atoms with Crippen molar-refractivity contribution >= 4 is 32.8 Å². The number of nitrogens with zero attached hydrogens (tertiary/aromatic N) is 3. The number of fused-ring (bicyclic) bond motifs is 1. The van der Waals surface area contributed by atoms with Crippen LogP contribution in [0.2, 0.25) is 0 Å². The lowest BCUT2D eigenvalue weighted by Gasteiger charge is -1.99. The van der Waals surface area contributed by atoms with Gasteiger partial charge in [-0.2, -0.15) is 10.2 Å². The summed E-state index contributed by atoms with van der Waals surface area (Å²) in [6.45, 7) is 0. The lowest BCUT2D eigenvalue weighted by Crippen LogP contribution is -2.17. The van der Waals surface area contributed by atoms with Crippen LogP contribution in [0.4, 0.5) is 0 Å². The van der Waals surface area contributed by atoms with E-state index >= 15 is 0 Å². The van der Waals surface area contributed by atoms with Crippen LogP contribution in [-0.4, -0.2) is 30.1 Å². The van der Waals surface area contributed by atoms with Gasteiger partial charge in [-0.05, 0) is 17.7 Å². The number of hydrogen-bond donors (Lipinski definition) is 2.